The van der Waals surface area contributed by atoms with E-state index in [-0.39, 0.29) is 11.7 Å². The first-order valence-corrected chi connectivity index (χ1v) is 8.40. The normalized spacial score (nSPS) is 10.6. The molecule has 0 saturated carbocycles. The third-order valence-corrected chi connectivity index (χ3v) is 4.52. The molecule has 0 spiro atoms. The maximum absolute atomic E-state index is 12.3. The fraction of sp³-hybridized carbons (Fsp3) is 0. The van der Waals surface area contributed by atoms with Gasteiger partial charge >= 0.3 is 0 Å². The maximum Gasteiger partial charge on any atom is 0.291 e. The van der Waals surface area contributed by atoms with Crippen LogP contribution < -0.4 is 11.1 Å². The number of anilines is 2. The first-order valence-electron chi connectivity index (χ1n) is 6.85. The smallest absolute Gasteiger partial charge is 0.291 e. The van der Waals surface area contributed by atoms with Crippen molar-refractivity contribution in [2.75, 3.05) is 11.1 Å². The Morgan fingerprint density at radius 3 is 2.58 bits per heavy atom. The van der Waals surface area contributed by atoms with E-state index in [1.54, 1.807) is 42.5 Å². The van der Waals surface area contributed by atoms with Crippen molar-refractivity contribution in [1.29, 1.82) is 0 Å². The van der Waals surface area contributed by atoms with Crippen molar-refractivity contribution in [2.24, 2.45) is 0 Å². The van der Waals surface area contributed by atoms with Gasteiger partial charge in [-0.1, -0.05) is 23.2 Å². The number of carbonyl (C=O) groups is 1. The largest absolute Gasteiger partial charge is 0.451 e. The molecule has 3 rings (SSSR count). The van der Waals surface area contributed by atoms with Gasteiger partial charge in [-0.2, -0.15) is 0 Å². The lowest BCUT2D eigenvalue weighted by atomic mass is 10.2. The van der Waals surface area contributed by atoms with Crippen LogP contribution in [-0.2, 0) is 0 Å². The molecule has 1 amide bonds. The van der Waals surface area contributed by atoms with Crippen LogP contribution in [0.4, 0.5) is 11.4 Å². The van der Waals surface area contributed by atoms with Gasteiger partial charge in [0.25, 0.3) is 5.91 Å². The van der Waals surface area contributed by atoms with E-state index in [1.165, 1.54) is 0 Å². The van der Waals surface area contributed by atoms with E-state index in [2.05, 4.69) is 21.2 Å². The number of rotatable bonds is 3. The van der Waals surface area contributed by atoms with E-state index < -0.39 is 0 Å². The minimum absolute atomic E-state index is 0.181. The van der Waals surface area contributed by atoms with Crippen LogP contribution in [0.25, 0.3) is 11.3 Å². The Bertz CT molecular complexity index is 925. The molecule has 3 aromatic rings. The molecule has 0 unspecified atom stereocenters. The highest BCUT2D eigenvalue weighted by Crippen LogP contribution is 2.32. The molecule has 0 atom stereocenters. The molecule has 0 aliphatic heterocycles. The zero-order chi connectivity index (χ0) is 17.3. The molecule has 0 saturated heterocycles. The molecule has 7 heteroatoms. The molecule has 24 heavy (non-hydrogen) atoms. The number of hydrogen-bond donors (Lipinski definition) is 2. The fourth-order valence-electron chi connectivity index (χ4n) is 2.11. The summed E-state index contributed by atoms with van der Waals surface area (Å²) in [6.45, 7) is 0. The predicted octanol–water partition coefficient (Wildman–Crippen LogP) is 5.85. The monoisotopic (exact) mass is 424 g/mol. The number of nitrogens with two attached hydrogens (primary N) is 1. The van der Waals surface area contributed by atoms with Gasteiger partial charge in [-0.05, 0) is 64.5 Å². The summed E-state index contributed by atoms with van der Waals surface area (Å²) in [5.41, 5.74) is 7.44. The fourth-order valence-corrected chi connectivity index (χ4v) is 3.10. The van der Waals surface area contributed by atoms with E-state index in [4.69, 9.17) is 33.4 Å². The number of hydrogen-bond acceptors (Lipinski definition) is 3. The zero-order valence-electron chi connectivity index (χ0n) is 12.1. The standard InChI is InChI=1S/C17H11BrCl2N2O2/c18-12-7-9(19)1-3-11(12)15-5-6-16(24-15)17(23)22-10-2-4-13(20)14(21)8-10/h1-8H,21H2,(H,22,23). The molecule has 3 N–H and O–H groups in total. The van der Waals surface area contributed by atoms with Gasteiger partial charge in [-0.15, -0.1) is 0 Å². The Morgan fingerprint density at radius 1 is 1.08 bits per heavy atom. The van der Waals surface area contributed by atoms with Crippen LogP contribution in [0.1, 0.15) is 10.6 Å². The van der Waals surface area contributed by atoms with Crippen LogP contribution in [0.15, 0.2) is 57.4 Å². The quantitative estimate of drug-likeness (QED) is 0.517. The lowest BCUT2D eigenvalue weighted by Gasteiger charge is -2.05. The van der Waals surface area contributed by atoms with Crippen LogP contribution in [0.5, 0.6) is 0 Å². The maximum atomic E-state index is 12.3. The predicted molar refractivity (Wildman–Crippen MR) is 101 cm³/mol. The zero-order valence-corrected chi connectivity index (χ0v) is 15.2. The molecule has 4 nitrogen and oxygen atoms in total. The Morgan fingerprint density at radius 2 is 1.88 bits per heavy atom. The third-order valence-electron chi connectivity index (χ3n) is 3.28. The number of carbonyl (C=O) groups excluding carboxylic acids is 1. The van der Waals surface area contributed by atoms with Gasteiger partial charge < -0.3 is 15.5 Å². The molecular weight excluding hydrogens is 415 g/mol. The van der Waals surface area contributed by atoms with Gasteiger partial charge in [-0.25, -0.2) is 0 Å². The Hall–Kier alpha value is -1.95. The van der Waals surface area contributed by atoms with Gasteiger partial charge in [0.05, 0.1) is 10.7 Å². The number of nitrogen functional groups attached to an aromatic ring is 1. The average molecular weight is 426 g/mol. The van der Waals surface area contributed by atoms with E-state index in [9.17, 15) is 4.79 Å². The van der Waals surface area contributed by atoms with Crippen LogP contribution >= 0.6 is 39.1 Å². The van der Waals surface area contributed by atoms with Crippen LogP contribution in [-0.4, -0.2) is 5.91 Å². The van der Waals surface area contributed by atoms with E-state index >= 15 is 0 Å². The second-order valence-electron chi connectivity index (χ2n) is 4.98. The SMILES string of the molecule is Nc1cc(NC(=O)c2ccc(-c3ccc(Cl)cc3Br)o2)ccc1Cl. The highest BCUT2D eigenvalue weighted by atomic mass is 79.9. The summed E-state index contributed by atoms with van der Waals surface area (Å²) in [4.78, 5) is 12.3. The topological polar surface area (TPSA) is 68.3 Å². The summed E-state index contributed by atoms with van der Waals surface area (Å²) in [6, 6.07) is 13.5. The molecular formula is C17H11BrCl2N2O2. The number of benzene rings is 2. The molecule has 0 fully saturated rings. The minimum Gasteiger partial charge on any atom is -0.451 e. The van der Waals surface area contributed by atoms with Crippen LogP contribution in [0.2, 0.25) is 10.0 Å². The van der Waals surface area contributed by atoms with Gasteiger partial charge in [0.1, 0.15) is 5.76 Å². The van der Waals surface area contributed by atoms with Gasteiger partial charge in [0, 0.05) is 20.7 Å². The van der Waals surface area contributed by atoms with Crippen molar-refractivity contribution < 1.29 is 9.21 Å². The number of amides is 1. The van der Waals surface area contributed by atoms with Crippen molar-refractivity contribution >= 4 is 56.4 Å². The molecule has 0 aliphatic carbocycles. The van der Waals surface area contributed by atoms with Crippen molar-refractivity contribution in [2.45, 2.75) is 0 Å². The molecule has 0 radical (unpaired) electrons. The van der Waals surface area contributed by atoms with Crippen LogP contribution in [0, 0.1) is 0 Å². The second-order valence-corrected chi connectivity index (χ2v) is 6.68. The summed E-state index contributed by atoms with van der Waals surface area (Å²) < 4.78 is 6.42. The van der Waals surface area contributed by atoms with Gasteiger partial charge in [0.15, 0.2) is 5.76 Å². The van der Waals surface area contributed by atoms with E-state index in [1.807, 2.05) is 6.07 Å². The van der Waals surface area contributed by atoms with Crippen molar-refractivity contribution in [1.82, 2.24) is 0 Å². The molecule has 122 valence electrons. The van der Waals surface area contributed by atoms with E-state index in [0.717, 1.165) is 10.0 Å². The Labute approximate surface area is 156 Å². The number of furan rings is 1. The summed E-state index contributed by atoms with van der Waals surface area (Å²) >= 11 is 15.2. The van der Waals surface area contributed by atoms with Crippen LogP contribution in [0.3, 0.4) is 0 Å². The minimum atomic E-state index is -0.381. The molecule has 2 aromatic carbocycles. The molecule has 1 aromatic heterocycles. The van der Waals surface area contributed by atoms with E-state index in [0.29, 0.717) is 27.2 Å². The number of halogens is 3. The van der Waals surface area contributed by atoms with Gasteiger partial charge in [-0.3, -0.25) is 4.79 Å². The molecule has 1 heterocycles. The first kappa shape index (κ1) is 16.9. The van der Waals surface area contributed by atoms with Crippen molar-refractivity contribution in [3.8, 4) is 11.3 Å². The second kappa shape index (κ2) is 6.89. The third kappa shape index (κ3) is 3.59. The summed E-state index contributed by atoms with van der Waals surface area (Å²) in [5.74, 6) is 0.354. The Kier molecular flexibility index (Phi) is 4.85. The lowest BCUT2D eigenvalue weighted by Crippen LogP contribution is -2.11. The van der Waals surface area contributed by atoms with Crippen molar-refractivity contribution in [3.63, 3.8) is 0 Å². The first-order chi connectivity index (χ1) is 11.4. The molecule has 0 aliphatic rings. The summed E-state index contributed by atoms with van der Waals surface area (Å²) in [5, 5.41) is 3.75. The highest BCUT2D eigenvalue weighted by molar-refractivity contribution is 9.10. The lowest BCUT2D eigenvalue weighted by molar-refractivity contribution is 0.0997. The highest BCUT2D eigenvalue weighted by Gasteiger charge is 2.14. The average Bonchev–Trinajstić information content (AvgIpc) is 3.01. The number of nitrogens with one attached hydrogen (secondary N) is 1. The van der Waals surface area contributed by atoms with Gasteiger partial charge in [0.2, 0.25) is 0 Å². The summed E-state index contributed by atoms with van der Waals surface area (Å²) in [7, 11) is 0. The van der Waals surface area contributed by atoms with Crippen molar-refractivity contribution in [3.05, 3.63) is 68.8 Å². The summed E-state index contributed by atoms with van der Waals surface area (Å²) in [6.07, 6.45) is 0. The Balaban J connectivity index is 1.82. The molecule has 0 bridgehead atoms.